The van der Waals surface area contributed by atoms with Gasteiger partial charge in [-0.1, -0.05) is 38.1 Å². The van der Waals surface area contributed by atoms with E-state index in [1.54, 1.807) is 0 Å². The van der Waals surface area contributed by atoms with Crippen LogP contribution < -0.4 is 10.6 Å². The lowest BCUT2D eigenvalue weighted by molar-refractivity contribution is -0.142. The summed E-state index contributed by atoms with van der Waals surface area (Å²) in [6.45, 7) is 4.52. The smallest absolute Gasteiger partial charge is 0.326 e. The van der Waals surface area contributed by atoms with Gasteiger partial charge in [-0.25, -0.2) is 4.79 Å². The molecule has 0 bridgehead atoms. The monoisotopic (exact) mass is 290 g/mol. The maximum Gasteiger partial charge on any atom is 0.326 e. The van der Waals surface area contributed by atoms with Gasteiger partial charge in [0.25, 0.3) is 0 Å². The number of amides is 1. The number of nitrogens with one attached hydrogen (secondary N) is 2. The number of fused-ring (bicyclic) bond motifs is 1. The van der Waals surface area contributed by atoms with Crippen molar-refractivity contribution < 1.29 is 14.7 Å². The molecule has 1 unspecified atom stereocenters. The summed E-state index contributed by atoms with van der Waals surface area (Å²) in [5, 5.41) is 15.0. The maximum atomic E-state index is 12.3. The first-order chi connectivity index (χ1) is 9.97. The topological polar surface area (TPSA) is 78.4 Å². The summed E-state index contributed by atoms with van der Waals surface area (Å²) >= 11 is 0. The lowest BCUT2D eigenvalue weighted by Gasteiger charge is -2.27. The number of hydrogen-bond acceptors (Lipinski definition) is 3. The van der Waals surface area contributed by atoms with E-state index in [-0.39, 0.29) is 17.9 Å². The summed E-state index contributed by atoms with van der Waals surface area (Å²) in [6, 6.07) is 6.79. The average molecular weight is 290 g/mol. The van der Waals surface area contributed by atoms with Crippen LogP contribution >= 0.6 is 0 Å². The third kappa shape index (κ3) is 4.04. The molecule has 3 N–H and O–H groups in total. The van der Waals surface area contributed by atoms with Gasteiger partial charge in [0, 0.05) is 6.54 Å². The Kier molecular flexibility index (Phi) is 4.96. The Morgan fingerprint density at radius 1 is 1.33 bits per heavy atom. The van der Waals surface area contributed by atoms with Crippen LogP contribution in [0.25, 0.3) is 0 Å². The predicted molar refractivity (Wildman–Crippen MR) is 79.8 cm³/mol. The number of benzene rings is 1. The Balaban J connectivity index is 1.99. The lowest BCUT2D eigenvalue weighted by atomic mass is 9.95. The van der Waals surface area contributed by atoms with Crippen LogP contribution in [0.3, 0.4) is 0 Å². The molecule has 0 saturated carbocycles. The van der Waals surface area contributed by atoms with Crippen LogP contribution in [0, 0.1) is 5.92 Å². The maximum absolute atomic E-state index is 12.3. The minimum absolute atomic E-state index is 0.214. The summed E-state index contributed by atoms with van der Waals surface area (Å²) in [7, 11) is 0. The van der Waals surface area contributed by atoms with Crippen LogP contribution in [0.15, 0.2) is 24.3 Å². The largest absolute Gasteiger partial charge is 0.480 e. The SMILES string of the molecule is CC(C)C[C@@H](NC(=O)C1Cc2ccccc2CN1)C(=O)O. The second kappa shape index (κ2) is 6.72. The van der Waals surface area contributed by atoms with Crippen molar-refractivity contribution in [3.63, 3.8) is 0 Å². The molecule has 0 aromatic heterocycles. The highest BCUT2D eigenvalue weighted by Gasteiger charge is 2.28. The van der Waals surface area contributed by atoms with Crippen molar-refractivity contribution in [1.29, 1.82) is 0 Å². The van der Waals surface area contributed by atoms with E-state index in [1.807, 2.05) is 38.1 Å². The minimum Gasteiger partial charge on any atom is -0.480 e. The van der Waals surface area contributed by atoms with Gasteiger partial charge < -0.3 is 15.7 Å². The summed E-state index contributed by atoms with van der Waals surface area (Å²) < 4.78 is 0. The van der Waals surface area contributed by atoms with Gasteiger partial charge >= 0.3 is 5.97 Å². The summed E-state index contributed by atoms with van der Waals surface area (Å²) in [5.74, 6) is -1.00. The zero-order valence-electron chi connectivity index (χ0n) is 12.4. The van der Waals surface area contributed by atoms with E-state index in [4.69, 9.17) is 0 Å². The number of aliphatic carboxylic acids is 1. The molecule has 1 heterocycles. The Morgan fingerprint density at radius 3 is 2.62 bits per heavy atom. The van der Waals surface area contributed by atoms with Gasteiger partial charge in [0.1, 0.15) is 6.04 Å². The lowest BCUT2D eigenvalue weighted by Crippen LogP contribution is -2.52. The van der Waals surface area contributed by atoms with E-state index in [2.05, 4.69) is 10.6 Å². The molecule has 0 spiro atoms. The molecule has 1 aliphatic rings. The fourth-order valence-corrected chi connectivity index (χ4v) is 2.60. The van der Waals surface area contributed by atoms with Gasteiger partial charge in [-0.05, 0) is 29.9 Å². The molecule has 5 heteroatoms. The van der Waals surface area contributed by atoms with E-state index in [9.17, 15) is 14.7 Å². The first-order valence-electron chi connectivity index (χ1n) is 7.30. The zero-order chi connectivity index (χ0) is 15.4. The third-order valence-corrected chi connectivity index (χ3v) is 3.72. The molecule has 0 radical (unpaired) electrons. The van der Waals surface area contributed by atoms with E-state index in [0.29, 0.717) is 19.4 Å². The minimum atomic E-state index is -0.978. The van der Waals surface area contributed by atoms with Crippen LogP contribution in [0.4, 0.5) is 0 Å². The highest BCUT2D eigenvalue weighted by molar-refractivity contribution is 5.87. The second-order valence-corrected chi connectivity index (χ2v) is 5.94. The number of carboxylic acids is 1. The van der Waals surface area contributed by atoms with Crippen LogP contribution in [-0.2, 0) is 22.6 Å². The van der Waals surface area contributed by atoms with Crippen molar-refractivity contribution in [1.82, 2.24) is 10.6 Å². The number of carbonyl (C=O) groups excluding carboxylic acids is 1. The van der Waals surface area contributed by atoms with E-state index in [1.165, 1.54) is 5.56 Å². The molecule has 114 valence electrons. The van der Waals surface area contributed by atoms with E-state index >= 15 is 0 Å². The quantitative estimate of drug-likeness (QED) is 0.764. The number of carbonyl (C=O) groups is 2. The first-order valence-corrected chi connectivity index (χ1v) is 7.30. The molecular weight excluding hydrogens is 268 g/mol. The second-order valence-electron chi connectivity index (χ2n) is 5.94. The standard InChI is InChI=1S/C16H22N2O3/c1-10(2)7-14(16(20)21)18-15(19)13-8-11-5-3-4-6-12(11)9-17-13/h3-6,10,13-14,17H,7-9H2,1-2H3,(H,18,19)(H,20,21)/t13?,14-/m1/s1. The van der Waals surface area contributed by atoms with Crippen molar-refractivity contribution in [2.24, 2.45) is 5.92 Å². The van der Waals surface area contributed by atoms with Gasteiger partial charge in [0.2, 0.25) is 5.91 Å². The van der Waals surface area contributed by atoms with Crippen molar-refractivity contribution >= 4 is 11.9 Å². The van der Waals surface area contributed by atoms with Crippen LogP contribution in [0.1, 0.15) is 31.4 Å². The molecule has 2 rings (SSSR count). The van der Waals surface area contributed by atoms with Gasteiger partial charge in [-0.3, -0.25) is 4.79 Å². The van der Waals surface area contributed by atoms with Crippen LogP contribution in [0.5, 0.6) is 0 Å². The number of hydrogen-bond donors (Lipinski definition) is 3. The summed E-state index contributed by atoms with van der Waals surface area (Å²) in [4.78, 5) is 23.5. The van der Waals surface area contributed by atoms with Crippen molar-refractivity contribution in [2.45, 2.75) is 45.3 Å². The normalized spacial score (nSPS) is 18.9. The Hall–Kier alpha value is -1.88. The molecule has 1 aromatic rings. The third-order valence-electron chi connectivity index (χ3n) is 3.72. The molecule has 0 aliphatic carbocycles. The van der Waals surface area contributed by atoms with Gasteiger partial charge in [-0.2, -0.15) is 0 Å². The van der Waals surface area contributed by atoms with Gasteiger partial charge in [0.15, 0.2) is 0 Å². The number of carboxylic acid groups (broad SMARTS) is 1. The first kappa shape index (κ1) is 15.5. The van der Waals surface area contributed by atoms with Crippen LogP contribution in [-0.4, -0.2) is 29.1 Å². The van der Waals surface area contributed by atoms with Gasteiger partial charge in [-0.15, -0.1) is 0 Å². The molecule has 1 aromatic carbocycles. The summed E-state index contributed by atoms with van der Waals surface area (Å²) in [5.41, 5.74) is 2.34. The molecule has 1 aliphatic heterocycles. The Morgan fingerprint density at radius 2 is 2.00 bits per heavy atom. The highest BCUT2D eigenvalue weighted by Crippen LogP contribution is 2.16. The highest BCUT2D eigenvalue weighted by atomic mass is 16.4. The molecule has 0 saturated heterocycles. The Labute approximate surface area is 124 Å². The van der Waals surface area contributed by atoms with E-state index < -0.39 is 12.0 Å². The molecule has 21 heavy (non-hydrogen) atoms. The zero-order valence-corrected chi connectivity index (χ0v) is 12.4. The summed E-state index contributed by atoms with van der Waals surface area (Å²) in [6.07, 6.45) is 1.03. The van der Waals surface area contributed by atoms with Crippen molar-refractivity contribution in [3.8, 4) is 0 Å². The van der Waals surface area contributed by atoms with Crippen LogP contribution in [0.2, 0.25) is 0 Å². The fraction of sp³-hybridized carbons (Fsp3) is 0.500. The van der Waals surface area contributed by atoms with E-state index in [0.717, 1.165) is 5.56 Å². The van der Waals surface area contributed by atoms with Crippen molar-refractivity contribution in [3.05, 3.63) is 35.4 Å². The molecule has 1 amide bonds. The van der Waals surface area contributed by atoms with Crippen molar-refractivity contribution in [2.75, 3.05) is 0 Å². The molecule has 0 fully saturated rings. The molecule has 5 nitrogen and oxygen atoms in total. The predicted octanol–water partition coefficient (Wildman–Crippen LogP) is 1.32. The molecule has 2 atom stereocenters. The average Bonchev–Trinajstić information content (AvgIpc) is 2.45. The molecular formula is C16H22N2O3. The number of rotatable bonds is 5. The fourth-order valence-electron chi connectivity index (χ4n) is 2.60. The van der Waals surface area contributed by atoms with Gasteiger partial charge in [0.05, 0.1) is 6.04 Å². The Bertz CT molecular complexity index is 528.